The van der Waals surface area contributed by atoms with Gasteiger partial charge in [0.25, 0.3) is 0 Å². The van der Waals surface area contributed by atoms with Crippen LogP contribution in [0.1, 0.15) is 55.7 Å². The van der Waals surface area contributed by atoms with Crippen LogP contribution in [-0.2, 0) is 14.8 Å². The fourth-order valence-corrected chi connectivity index (χ4v) is 7.13. The Morgan fingerprint density at radius 2 is 1.55 bits per heavy atom. The molecule has 3 aromatic carbocycles. The van der Waals surface area contributed by atoms with Crippen molar-refractivity contribution in [3.63, 3.8) is 0 Å². The summed E-state index contributed by atoms with van der Waals surface area (Å²) in [5.74, 6) is 0.107. The molecule has 0 aliphatic heterocycles. The topological polar surface area (TPSA) is 95.9 Å². The van der Waals surface area contributed by atoms with Gasteiger partial charge in [-0.25, -0.2) is 13.2 Å². The van der Waals surface area contributed by atoms with Gasteiger partial charge in [0.2, 0.25) is 10.0 Å². The summed E-state index contributed by atoms with van der Waals surface area (Å²) in [6.45, 7) is 6.55. The van der Waals surface area contributed by atoms with Crippen molar-refractivity contribution in [3.05, 3.63) is 89.5 Å². The van der Waals surface area contributed by atoms with Gasteiger partial charge in [-0.15, -0.1) is 0 Å². The number of rotatable bonds is 13. The molecule has 0 fully saturated rings. The van der Waals surface area contributed by atoms with Gasteiger partial charge in [-0.2, -0.15) is 4.31 Å². The number of hydrogen-bond acceptors (Lipinski definition) is 5. The Morgan fingerprint density at radius 3 is 2.12 bits per heavy atom. The third-order valence-corrected chi connectivity index (χ3v) is 9.30. The molecule has 0 spiro atoms. The molecule has 40 heavy (non-hydrogen) atoms. The van der Waals surface area contributed by atoms with E-state index in [0.29, 0.717) is 32.4 Å². The van der Waals surface area contributed by atoms with Gasteiger partial charge >= 0.3 is 6.09 Å². The van der Waals surface area contributed by atoms with Gasteiger partial charge in [0.15, 0.2) is 0 Å². The molecule has 7 nitrogen and oxygen atoms in total. The molecule has 1 aliphatic rings. The van der Waals surface area contributed by atoms with Gasteiger partial charge in [0.1, 0.15) is 6.61 Å². The largest absolute Gasteiger partial charge is 0.449 e. The van der Waals surface area contributed by atoms with Gasteiger partial charge < -0.3 is 15.2 Å². The fraction of sp³-hybridized carbons (Fsp3) is 0.406. The number of ether oxygens (including phenoxy) is 1. The summed E-state index contributed by atoms with van der Waals surface area (Å²) in [7, 11) is -3.75. The Hall–Kier alpha value is -3.20. The number of amides is 1. The minimum Gasteiger partial charge on any atom is -0.449 e. The number of nitrogens with zero attached hydrogens (tertiary/aromatic N) is 1. The molecule has 1 amide bonds. The first kappa shape index (κ1) is 29.8. The van der Waals surface area contributed by atoms with E-state index < -0.39 is 22.2 Å². The monoisotopic (exact) mass is 564 g/mol. The predicted octanol–water partition coefficient (Wildman–Crippen LogP) is 5.71. The van der Waals surface area contributed by atoms with Crippen LogP contribution >= 0.6 is 0 Å². The van der Waals surface area contributed by atoms with Crippen LogP contribution in [0.5, 0.6) is 0 Å². The normalized spacial score (nSPS) is 13.8. The molecule has 1 atom stereocenters. The van der Waals surface area contributed by atoms with E-state index in [1.54, 1.807) is 24.3 Å². The zero-order chi connectivity index (χ0) is 28.7. The quantitative estimate of drug-likeness (QED) is 0.259. The Bertz CT molecular complexity index is 1340. The molecule has 0 radical (unpaired) electrons. The number of benzene rings is 3. The lowest BCUT2D eigenvalue weighted by molar-refractivity contribution is 0.142. The maximum absolute atomic E-state index is 13.4. The molecular formula is C32H40N2O5S. The van der Waals surface area contributed by atoms with Crippen LogP contribution in [0.2, 0.25) is 0 Å². The van der Waals surface area contributed by atoms with Crippen molar-refractivity contribution >= 4 is 16.1 Å². The lowest BCUT2D eigenvalue weighted by Crippen LogP contribution is -2.44. The maximum Gasteiger partial charge on any atom is 0.407 e. The van der Waals surface area contributed by atoms with Gasteiger partial charge in [-0.3, -0.25) is 0 Å². The number of unbranched alkanes of at least 4 members (excludes halogenated alkanes) is 1. The summed E-state index contributed by atoms with van der Waals surface area (Å²) in [6.07, 6.45) is 1.30. The van der Waals surface area contributed by atoms with E-state index in [1.165, 1.54) is 15.4 Å². The van der Waals surface area contributed by atoms with Crippen LogP contribution in [-0.4, -0.2) is 56.3 Å². The van der Waals surface area contributed by atoms with Crippen molar-refractivity contribution in [1.82, 2.24) is 9.62 Å². The van der Waals surface area contributed by atoms with E-state index in [1.807, 2.05) is 45.0 Å². The summed E-state index contributed by atoms with van der Waals surface area (Å²) in [4.78, 5) is 12.7. The standard InChI is InChI=1S/C32H40N2O5S/c1-23(2)20-34(40(37,38)26-17-15-24(3)16-18-26)25(21-35)10-8-9-19-33-32(36)39-22-31-29-13-6-4-11-27(29)28-12-5-7-14-30(28)31/h4-7,11-18,23,25,31,35H,8-10,19-22H2,1-3H3,(H,33,36)/t25-/m0/s1. The summed E-state index contributed by atoms with van der Waals surface area (Å²) in [5, 5.41) is 12.9. The molecule has 0 bridgehead atoms. The maximum atomic E-state index is 13.4. The average Bonchev–Trinajstić information content (AvgIpc) is 3.26. The number of carbonyl (C=O) groups is 1. The van der Waals surface area contributed by atoms with Crippen molar-refractivity contribution in [1.29, 1.82) is 0 Å². The predicted molar refractivity (Wildman–Crippen MR) is 158 cm³/mol. The van der Waals surface area contributed by atoms with E-state index >= 15 is 0 Å². The average molecular weight is 565 g/mol. The van der Waals surface area contributed by atoms with Crippen molar-refractivity contribution < 1.29 is 23.1 Å². The summed E-state index contributed by atoms with van der Waals surface area (Å²) >= 11 is 0. The van der Waals surface area contributed by atoms with Gasteiger partial charge in [0, 0.05) is 25.0 Å². The smallest absolute Gasteiger partial charge is 0.407 e. The number of carbonyl (C=O) groups excluding carboxylic acids is 1. The molecule has 4 rings (SSSR count). The SMILES string of the molecule is Cc1ccc(S(=O)(=O)N(CC(C)C)[C@H](CO)CCCCNC(=O)OCC2c3ccccc3-c3ccccc32)cc1. The van der Waals surface area contributed by atoms with Gasteiger partial charge in [-0.05, 0) is 60.1 Å². The number of aryl methyl sites for hydroxylation is 1. The van der Waals surface area contributed by atoms with Crippen LogP contribution in [0.3, 0.4) is 0 Å². The fourth-order valence-electron chi connectivity index (χ4n) is 5.32. The molecule has 3 aromatic rings. The molecule has 1 aliphatic carbocycles. The number of aliphatic hydroxyl groups is 1. The van der Waals surface area contributed by atoms with Crippen LogP contribution in [0.4, 0.5) is 4.79 Å². The van der Waals surface area contributed by atoms with Crippen molar-refractivity contribution in [3.8, 4) is 11.1 Å². The molecule has 2 N–H and O–H groups in total. The minimum absolute atomic E-state index is 0.00545. The molecule has 0 aromatic heterocycles. The first-order chi connectivity index (χ1) is 19.2. The number of nitrogens with one attached hydrogen (secondary N) is 1. The molecule has 8 heteroatoms. The lowest BCUT2D eigenvalue weighted by atomic mass is 9.98. The molecule has 0 heterocycles. The highest BCUT2D eigenvalue weighted by Gasteiger charge is 2.32. The highest BCUT2D eigenvalue weighted by Crippen LogP contribution is 2.44. The zero-order valence-electron chi connectivity index (χ0n) is 23.5. The highest BCUT2D eigenvalue weighted by molar-refractivity contribution is 7.89. The van der Waals surface area contributed by atoms with Crippen LogP contribution in [0, 0.1) is 12.8 Å². The number of sulfonamides is 1. The number of aliphatic hydroxyl groups excluding tert-OH is 1. The van der Waals surface area contributed by atoms with Crippen molar-refractivity contribution in [2.75, 3.05) is 26.3 Å². The van der Waals surface area contributed by atoms with E-state index in [0.717, 1.165) is 16.7 Å². The molecule has 0 unspecified atom stereocenters. The second-order valence-corrected chi connectivity index (χ2v) is 12.8. The number of fused-ring (bicyclic) bond motifs is 3. The third kappa shape index (κ3) is 6.92. The molecular weight excluding hydrogens is 524 g/mol. The molecule has 214 valence electrons. The Labute approximate surface area is 238 Å². The molecule has 0 saturated carbocycles. The Morgan fingerprint density at radius 1 is 0.950 bits per heavy atom. The summed E-state index contributed by atoms with van der Waals surface area (Å²) < 4.78 is 33.9. The Balaban J connectivity index is 1.27. The van der Waals surface area contributed by atoms with E-state index in [4.69, 9.17) is 4.74 Å². The highest BCUT2D eigenvalue weighted by atomic mass is 32.2. The Kier molecular flexibility index (Phi) is 10.0. The van der Waals surface area contributed by atoms with Crippen LogP contribution in [0.15, 0.2) is 77.7 Å². The van der Waals surface area contributed by atoms with Crippen molar-refractivity contribution in [2.24, 2.45) is 5.92 Å². The first-order valence-corrected chi connectivity index (χ1v) is 15.4. The second kappa shape index (κ2) is 13.4. The van der Waals surface area contributed by atoms with Crippen molar-refractivity contribution in [2.45, 2.75) is 56.9 Å². The number of hydrogen-bond donors (Lipinski definition) is 2. The van der Waals surface area contributed by atoms with E-state index in [-0.39, 0.29) is 29.9 Å². The van der Waals surface area contributed by atoms with Crippen LogP contribution < -0.4 is 5.32 Å². The van der Waals surface area contributed by atoms with E-state index in [9.17, 15) is 18.3 Å². The van der Waals surface area contributed by atoms with Crippen LogP contribution in [0.25, 0.3) is 11.1 Å². The minimum atomic E-state index is -3.75. The zero-order valence-corrected chi connectivity index (χ0v) is 24.4. The van der Waals surface area contributed by atoms with Gasteiger partial charge in [-0.1, -0.05) is 86.5 Å². The molecule has 0 saturated heterocycles. The summed E-state index contributed by atoms with van der Waals surface area (Å²) in [5.41, 5.74) is 5.68. The number of alkyl carbamates (subject to hydrolysis) is 1. The lowest BCUT2D eigenvalue weighted by Gasteiger charge is -2.31. The van der Waals surface area contributed by atoms with Gasteiger partial charge in [0.05, 0.1) is 11.5 Å². The second-order valence-electron chi connectivity index (χ2n) is 10.9. The third-order valence-electron chi connectivity index (χ3n) is 7.37. The van der Waals surface area contributed by atoms with E-state index in [2.05, 4.69) is 29.6 Å². The first-order valence-electron chi connectivity index (χ1n) is 14.0. The summed E-state index contributed by atoms with van der Waals surface area (Å²) in [6, 6.07) is 22.7.